The molecule has 0 bridgehead atoms. The van der Waals surface area contributed by atoms with Gasteiger partial charge in [0.1, 0.15) is 6.61 Å². The van der Waals surface area contributed by atoms with E-state index in [4.69, 9.17) is 15.2 Å². The highest BCUT2D eigenvalue weighted by Crippen LogP contribution is 2.16. The Balaban J connectivity index is 2.82. The minimum atomic E-state index is -0.397. The molecule has 3 heteroatoms. The zero-order valence-corrected chi connectivity index (χ0v) is 6.25. The maximum Gasteiger partial charge on any atom is 0.182 e. The molecule has 1 rings (SSSR count). The van der Waals surface area contributed by atoms with Crippen molar-refractivity contribution in [3.05, 3.63) is 36.8 Å². The van der Waals surface area contributed by atoms with Crippen molar-refractivity contribution >= 4 is 0 Å². The smallest absolute Gasteiger partial charge is 0.182 e. The quantitative estimate of drug-likeness (QED) is 0.641. The predicted octanol–water partition coefficient (Wildman–Crippen LogP) is 0.902. The lowest BCUT2D eigenvalue weighted by Gasteiger charge is -2.23. The van der Waals surface area contributed by atoms with Gasteiger partial charge in [0.25, 0.3) is 0 Å². The Labute approximate surface area is 65.8 Å². The molecular weight excluding hydrogens is 142 g/mol. The Morgan fingerprint density at radius 2 is 2.00 bits per heavy atom. The third-order valence-electron chi connectivity index (χ3n) is 1.30. The summed E-state index contributed by atoms with van der Waals surface area (Å²) in [5, 5.41) is 0. The highest BCUT2D eigenvalue weighted by molar-refractivity contribution is 5.23. The summed E-state index contributed by atoms with van der Waals surface area (Å²) in [7, 11) is 0. The molecule has 0 amide bonds. The van der Waals surface area contributed by atoms with Gasteiger partial charge in [-0.05, 0) is 12.2 Å². The summed E-state index contributed by atoms with van der Waals surface area (Å²) in [6, 6.07) is 0. The van der Waals surface area contributed by atoms with Gasteiger partial charge in [-0.15, -0.1) is 0 Å². The van der Waals surface area contributed by atoms with Crippen LogP contribution in [-0.4, -0.2) is 12.8 Å². The predicted molar refractivity (Wildman–Crippen MR) is 42.4 cm³/mol. The number of hydrogen-bond donors (Lipinski definition) is 1. The van der Waals surface area contributed by atoms with E-state index in [-0.39, 0.29) is 0 Å². The first kappa shape index (κ1) is 7.88. The van der Waals surface area contributed by atoms with E-state index < -0.39 is 6.23 Å². The monoisotopic (exact) mass is 153 g/mol. The van der Waals surface area contributed by atoms with E-state index in [1.54, 1.807) is 12.2 Å². The molecule has 0 radical (unpaired) electrons. The lowest BCUT2D eigenvalue weighted by molar-refractivity contribution is 0.0120. The lowest BCUT2D eigenvalue weighted by Crippen LogP contribution is -2.32. The van der Waals surface area contributed by atoms with Crippen LogP contribution in [0.25, 0.3) is 0 Å². The van der Waals surface area contributed by atoms with E-state index in [0.717, 1.165) is 0 Å². The molecule has 0 saturated heterocycles. The van der Waals surface area contributed by atoms with Crippen LogP contribution in [0.15, 0.2) is 36.8 Å². The summed E-state index contributed by atoms with van der Waals surface area (Å²) in [6.45, 7) is 7.47. The number of hydrogen-bond acceptors (Lipinski definition) is 3. The number of rotatable bonds is 2. The molecule has 1 aliphatic heterocycles. The maximum absolute atomic E-state index is 5.45. The van der Waals surface area contributed by atoms with Gasteiger partial charge in [-0.2, -0.15) is 0 Å². The summed E-state index contributed by atoms with van der Waals surface area (Å²) in [5.74, 6) is 1.15. The molecular formula is C8H11NO2. The molecule has 1 atom stereocenters. The number of nitrogens with two attached hydrogens (primary N) is 1. The zero-order valence-electron chi connectivity index (χ0n) is 6.25. The molecule has 1 heterocycles. The molecule has 0 aliphatic carbocycles. The molecule has 0 saturated carbocycles. The van der Waals surface area contributed by atoms with Crippen molar-refractivity contribution in [2.45, 2.75) is 6.23 Å². The van der Waals surface area contributed by atoms with Crippen LogP contribution in [0.1, 0.15) is 0 Å². The Hall–Kier alpha value is -1.22. The van der Waals surface area contributed by atoms with Gasteiger partial charge in [-0.3, -0.25) is 5.73 Å². The fourth-order valence-electron chi connectivity index (χ4n) is 0.806. The van der Waals surface area contributed by atoms with E-state index in [2.05, 4.69) is 13.2 Å². The van der Waals surface area contributed by atoms with E-state index in [0.29, 0.717) is 18.1 Å². The Morgan fingerprint density at radius 1 is 1.36 bits per heavy atom. The van der Waals surface area contributed by atoms with Gasteiger partial charge in [0.2, 0.25) is 0 Å². The Bertz CT molecular complexity index is 208. The van der Waals surface area contributed by atoms with Crippen LogP contribution in [0.2, 0.25) is 0 Å². The summed E-state index contributed by atoms with van der Waals surface area (Å²) < 4.78 is 10.4. The van der Waals surface area contributed by atoms with Crippen LogP contribution in [0, 0.1) is 0 Å². The molecule has 0 spiro atoms. The van der Waals surface area contributed by atoms with Crippen molar-refractivity contribution in [3.63, 3.8) is 0 Å². The SMILES string of the molecule is C=CC1=C(C=C)OC(N)CO1. The van der Waals surface area contributed by atoms with Crippen molar-refractivity contribution in [1.29, 1.82) is 0 Å². The van der Waals surface area contributed by atoms with Crippen molar-refractivity contribution in [1.82, 2.24) is 0 Å². The molecule has 0 fully saturated rings. The summed E-state index contributed by atoms with van der Waals surface area (Å²) in [5.41, 5.74) is 5.45. The van der Waals surface area contributed by atoms with Gasteiger partial charge in [0, 0.05) is 0 Å². The minimum Gasteiger partial charge on any atom is -0.484 e. The first-order valence-electron chi connectivity index (χ1n) is 3.32. The highest BCUT2D eigenvalue weighted by atomic mass is 16.6. The Morgan fingerprint density at radius 3 is 2.55 bits per heavy atom. The molecule has 0 aromatic rings. The van der Waals surface area contributed by atoms with Crippen LogP contribution in [0.5, 0.6) is 0 Å². The van der Waals surface area contributed by atoms with E-state index >= 15 is 0 Å². The van der Waals surface area contributed by atoms with Gasteiger partial charge in [0.15, 0.2) is 17.7 Å². The van der Waals surface area contributed by atoms with Crippen LogP contribution in [-0.2, 0) is 9.47 Å². The second-order valence-electron chi connectivity index (χ2n) is 2.10. The number of allylic oxidation sites excluding steroid dienone is 2. The molecule has 2 N–H and O–H groups in total. The first-order valence-corrected chi connectivity index (χ1v) is 3.32. The van der Waals surface area contributed by atoms with Crippen molar-refractivity contribution in [2.24, 2.45) is 5.73 Å². The summed E-state index contributed by atoms with van der Waals surface area (Å²) in [6.07, 6.45) is 2.73. The van der Waals surface area contributed by atoms with E-state index in [9.17, 15) is 0 Å². The largest absolute Gasteiger partial charge is 0.484 e. The standard InChI is InChI=1S/C8H11NO2/c1-3-6-7(4-2)11-8(9)5-10-6/h3-4,8H,1-2,5,9H2. The fourth-order valence-corrected chi connectivity index (χ4v) is 0.806. The second-order valence-corrected chi connectivity index (χ2v) is 2.10. The van der Waals surface area contributed by atoms with Gasteiger partial charge >= 0.3 is 0 Å². The normalized spacial score (nSPS) is 23.5. The summed E-state index contributed by atoms with van der Waals surface area (Å²) >= 11 is 0. The van der Waals surface area contributed by atoms with E-state index in [1.807, 2.05) is 0 Å². The topological polar surface area (TPSA) is 44.5 Å². The molecule has 60 valence electrons. The van der Waals surface area contributed by atoms with Crippen molar-refractivity contribution in [2.75, 3.05) is 6.61 Å². The second kappa shape index (κ2) is 3.25. The average Bonchev–Trinajstić information content (AvgIpc) is 2.04. The van der Waals surface area contributed by atoms with Crippen molar-refractivity contribution < 1.29 is 9.47 Å². The van der Waals surface area contributed by atoms with Gasteiger partial charge < -0.3 is 9.47 Å². The number of ether oxygens (including phenoxy) is 2. The Kier molecular flexibility index (Phi) is 2.33. The minimum absolute atomic E-state index is 0.360. The van der Waals surface area contributed by atoms with Gasteiger partial charge in [0.05, 0.1) is 0 Å². The maximum atomic E-state index is 5.45. The lowest BCUT2D eigenvalue weighted by atomic mass is 10.3. The molecule has 0 aromatic heterocycles. The summed E-state index contributed by atoms with van der Waals surface area (Å²) in [4.78, 5) is 0. The molecule has 3 nitrogen and oxygen atoms in total. The molecule has 0 aromatic carbocycles. The van der Waals surface area contributed by atoms with Crippen LogP contribution < -0.4 is 5.73 Å². The molecule has 1 unspecified atom stereocenters. The zero-order chi connectivity index (χ0) is 8.27. The first-order chi connectivity index (χ1) is 5.27. The highest BCUT2D eigenvalue weighted by Gasteiger charge is 2.15. The van der Waals surface area contributed by atoms with Crippen LogP contribution >= 0.6 is 0 Å². The van der Waals surface area contributed by atoms with Gasteiger partial charge in [-0.1, -0.05) is 13.2 Å². The molecule has 11 heavy (non-hydrogen) atoms. The van der Waals surface area contributed by atoms with Crippen molar-refractivity contribution in [3.8, 4) is 0 Å². The van der Waals surface area contributed by atoms with Gasteiger partial charge in [-0.25, -0.2) is 0 Å². The fraction of sp³-hybridized carbons (Fsp3) is 0.250. The third kappa shape index (κ3) is 1.62. The molecule has 1 aliphatic rings. The van der Waals surface area contributed by atoms with Crippen LogP contribution in [0.4, 0.5) is 0 Å². The van der Waals surface area contributed by atoms with E-state index in [1.165, 1.54) is 0 Å². The van der Waals surface area contributed by atoms with Crippen LogP contribution in [0.3, 0.4) is 0 Å². The average molecular weight is 153 g/mol. The third-order valence-corrected chi connectivity index (χ3v) is 1.30.